The first-order valence-corrected chi connectivity index (χ1v) is 8.51. The van der Waals surface area contributed by atoms with Gasteiger partial charge >= 0.3 is 5.97 Å². The van der Waals surface area contributed by atoms with Crippen molar-refractivity contribution in [3.8, 4) is 0 Å². The van der Waals surface area contributed by atoms with Crippen LogP contribution >= 0.6 is 0 Å². The zero-order valence-corrected chi connectivity index (χ0v) is 15.0. The van der Waals surface area contributed by atoms with E-state index in [4.69, 9.17) is 0 Å². The summed E-state index contributed by atoms with van der Waals surface area (Å²) in [7, 11) is 0. The van der Waals surface area contributed by atoms with Crippen molar-refractivity contribution in [2.45, 2.75) is 39.3 Å². The van der Waals surface area contributed by atoms with E-state index in [1.165, 1.54) is 0 Å². The maximum Gasteiger partial charge on any atom is 0.326 e. The molecule has 0 radical (unpaired) electrons. The number of fused-ring (bicyclic) bond motifs is 1. The molecule has 3 aromatic rings. The summed E-state index contributed by atoms with van der Waals surface area (Å²) in [5, 5.41) is 17.4. The summed E-state index contributed by atoms with van der Waals surface area (Å²) in [6, 6.07) is 6.77. The summed E-state index contributed by atoms with van der Waals surface area (Å²) < 4.78 is 1.69. The van der Waals surface area contributed by atoms with E-state index in [1.807, 2.05) is 38.1 Å². The Kier molecular flexibility index (Phi) is 4.79. The number of hydrogen-bond donors (Lipinski definition) is 3. The lowest BCUT2D eigenvalue weighted by Gasteiger charge is -2.14. The highest BCUT2D eigenvalue weighted by molar-refractivity contribution is 5.97. The van der Waals surface area contributed by atoms with E-state index in [1.54, 1.807) is 24.0 Å². The first-order valence-electron chi connectivity index (χ1n) is 8.51. The topological polar surface area (TPSA) is 100 Å². The van der Waals surface area contributed by atoms with E-state index in [2.05, 4.69) is 15.4 Å². The van der Waals surface area contributed by atoms with E-state index in [-0.39, 0.29) is 12.5 Å². The summed E-state index contributed by atoms with van der Waals surface area (Å²) in [5.74, 6) is -1.50. The Hall–Kier alpha value is -3.09. The van der Waals surface area contributed by atoms with Crippen LogP contribution in [-0.2, 0) is 11.2 Å². The lowest BCUT2D eigenvalue weighted by atomic mass is 10.0. The van der Waals surface area contributed by atoms with Gasteiger partial charge in [0, 0.05) is 35.8 Å². The number of carboxylic acid groups (broad SMARTS) is 1. The Morgan fingerprint density at radius 1 is 1.31 bits per heavy atom. The largest absolute Gasteiger partial charge is 0.480 e. The second-order valence-corrected chi connectivity index (χ2v) is 6.63. The van der Waals surface area contributed by atoms with Gasteiger partial charge in [-0.25, -0.2) is 4.79 Å². The van der Waals surface area contributed by atoms with Crippen LogP contribution in [0.1, 0.15) is 41.5 Å². The first kappa shape index (κ1) is 17.7. The molecule has 3 N–H and O–H groups in total. The van der Waals surface area contributed by atoms with Gasteiger partial charge in [0.2, 0.25) is 0 Å². The average Bonchev–Trinajstić information content (AvgIpc) is 3.18. The fourth-order valence-electron chi connectivity index (χ4n) is 2.93. The molecule has 1 aromatic carbocycles. The Bertz CT molecular complexity index is 955. The number of aromatic amines is 1. The number of nitrogens with one attached hydrogen (secondary N) is 2. The predicted octanol–water partition coefficient (Wildman–Crippen LogP) is 2.68. The molecule has 7 heteroatoms. The van der Waals surface area contributed by atoms with Crippen LogP contribution in [0.25, 0.3) is 10.9 Å². The SMILES string of the molecule is Cc1nn(C(C)C)cc1C(=O)NC(Cc1c[nH]c2ccccc12)C(=O)O. The highest BCUT2D eigenvalue weighted by atomic mass is 16.4. The highest BCUT2D eigenvalue weighted by Crippen LogP contribution is 2.19. The smallest absolute Gasteiger partial charge is 0.326 e. The number of rotatable bonds is 6. The summed E-state index contributed by atoms with van der Waals surface area (Å²) >= 11 is 0. The third-order valence-electron chi connectivity index (χ3n) is 4.39. The molecule has 0 aliphatic heterocycles. The number of benzene rings is 1. The Labute approximate surface area is 151 Å². The van der Waals surface area contributed by atoms with E-state index in [9.17, 15) is 14.7 Å². The van der Waals surface area contributed by atoms with Crippen molar-refractivity contribution in [1.29, 1.82) is 0 Å². The molecule has 1 atom stereocenters. The van der Waals surface area contributed by atoms with Gasteiger partial charge in [0.15, 0.2) is 0 Å². The molecule has 0 spiro atoms. The number of aliphatic carboxylic acids is 1. The minimum absolute atomic E-state index is 0.122. The third-order valence-corrected chi connectivity index (χ3v) is 4.39. The van der Waals surface area contributed by atoms with Gasteiger partial charge in [-0.05, 0) is 32.4 Å². The van der Waals surface area contributed by atoms with Crippen LogP contribution in [0, 0.1) is 6.92 Å². The Morgan fingerprint density at radius 3 is 2.69 bits per heavy atom. The summed E-state index contributed by atoms with van der Waals surface area (Å²) in [5.41, 5.74) is 2.76. The molecule has 1 amide bonds. The zero-order chi connectivity index (χ0) is 18.8. The number of aryl methyl sites for hydroxylation is 1. The highest BCUT2D eigenvalue weighted by Gasteiger charge is 2.24. The fraction of sp³-hybridized carbons (Fsp3) is 0.316. The normalized spacial score (nSPS) is 12.5. The van der Waals surface area contributed by atoms with Crippen LogP contribution in [0.4, 0.5) is 0 Å². The van der Waals surface area contributed by atoms with Gasteiger partial charge in [-0.15, -0.1) is 0 Å². The van der Waals surface area contributed by atoms with Crippen LogP contribution in [0.3, 0.4) is 0 Å². The molecule has 0 saturated heterocycles. The summed E-state index contributed by atoms with van der Waals surface area (Å²) in [6.45, 7) is 5.67. The van der Waals surface area contributed by atoms with Gasteiger partial charge in [-0.3, -0.25) is 9.48 Å². The molecule has 2 heterocycles. The summed E-state index contributed by atoms with van der Waals surface area (Å²) in [4.78, 5) is 27.4. The minimum atomic E-state index is -1.07. The van der Waals surface area contributed by atoms with Crippen LogP contribution in [0.15, 0.2) is 36.7 Å². The first-order chi connectivity index (χ1) is 12.4. The molecule has 0 bridgehead atoms. The minimum Gasteiger partial charge on any atom is -0.480 e. The van der Waals surface area contributed by atoms with E-state index >= 15 is 0 Å². The van der Waals surface area contributed by atoms with Gasteiger partial charge in [0.25, 0.3) is 5.91 Å². The van der Waals surface area contributed by atoms with Gasteiger partial charge in [0.1, 0.15) is 6.04 Å². The maximum atomic E-state index is 12.6. The molecule has 0 saturated carbocycles. The number of amides is 1. The van der Waals surface area contributed by atoms with Crippen LogP contribution in [-0.4, -0.2) is 37.8 Å². The predicted molar refractivity (Wildman–Crippen MR) is 98.2 cm³/mol. The molecule has 1 unspecified atom stereocenters. The van der Waals surface area contributed by atoms with E-state index < -0.39 is 17.9 Å². The molecule has 26 heavy (non-hydrogen) atoms. The van der Waals surface area contributed by atoms with Gasteiger partial charge in [-0.2, -0.15) is 5.10 Å². The second kappa shape index (κ2) is 7.03. The zero-order valence-electron chi connectivity index (χ0n) is 15.0. The van der Waals surface area contributed by atoms with Gasteiger partial charge < -0.3 is 15.4 Å². The Morgan fingerprint density at radius 2 is 2.04 bits per heavy atom. The van der Waals surface area contributed by atoms with Crippen molar-refractivity contribution in [3.63, 3.8) is 0 Å². The van der Waals surface area contributed by atoms with Crippen LogP contribution < -0.4 is 5.32 Å². The molecule has 136 valence electrons. The fourth-order valence-corrected chi connectivity index (χ4v) is 2.93. The van der Waals surface area contributed by atoms with Crippen molar-refractivity contribution >= 4 is 22.8 Å². The lowest BCUT2D eigenvalue weighted by Crippen LogP contribution is -2.42. The average molecular weight is 354 g/mol. The molecule has 7 nitrogen and oxygen atoms in total. The quantitative estimate of drug-likeness (QED) is 0.633. The molecule has 2 aromatic heterocycles. The van der Waals surface area contributed by atoms with Crippen LogP contribution in [0.5, 0.6) is 0 Å². The molecule has 0 fully saturated rings. The van der Waals surface area contributed by atoms with E-state index in [0.29, 0.717) is 11.3 Å². The molecule has 0 aliphatic rings. The molecule has 3 rings (SSSR count). The van der Waals surface area contributed by atoms with Gasteiger partial charge in [0.05, 0.1) is 11.3 Å². The number of para-hydroxylation sites is 1. The van der Waals surface area contributed by atoms with Crippen molar-refractivity contribution in [2.24, 2.45) is 0 Å². The van der Waals surface area contributed by atoms with Crippen molar-refractivity contribution in [3.05, 3.63) is 53.5 Å². The molecule has 0 aliphatic carbocycles. The third kappa shape index (κ3) is 3.46. The number of carbonyl (C=O) groups is 2. The number of hydrogen-bond acceptors (Lipinski definition) is 3. The number of carboxylic acids is 1. The van der Waals surface area contributed by atoms with Gasteiger partial charge in [-0.1, -0.05) is 18.2 Å². The maximum absolute atomic E-state index is 12.6. The van der Waals surface area contributed by atoms with Crippen molar-refractivity contribution < 1.29 is 14.7 Å². The number of H-pyrrole nitrogens is 1. The molecular weight excluding hydrogens is 332 g/mol. The van der Waals surface area contributed by atoms with Crippen LogP contribution in [0.2, 0.25) is 0 Å². The number of carbonyl (C=O) groups excluding carboxylic acids is 1. The van der Waals surface area contributed by atoms with E-state index in [0.717, 1.165) is 16.5 Å². The number of aromatic nitrogens is 3. The number of nitrogens with zero attached hydrogens (tertiary/aromatic N) is 2. The standard InChI is InChI=1S/C19H22N4O3/c1-11(2)23-10-15(12(3)22-23)18(24)21-17(19(25)26)8-13-9-20-16-7-5-4-6-14(13)16/h4-7,9-11,17,20H,8H2,1-3H3,(H,21,24)(H,25,26). The summed E-state index contributed by atoms with van der Waals surface area (Å²) in [6.07, 6.45) is 3.64. The van der Waals surface area contributed by atoms with Crippen molar-refractivity contribution in [1.82, 2.24) is 20.1 Å². The second-order valence-electron chi connectivity index (χ2n) is 6.63. The lowest BCUT2D eigenvalue weighted by molar-refractivity contribution is -0.139. The Balaban J connectivity index is 1.80. The van der Waals surface area contributed by atoms with Crippen molar-refractivity contribution in [2.75, 3.05) is 0 Å². The molecular formula is C19H22N4O3. The monoisotopic (exact) mass is 354 g/mol.